The Hall–Kier alpha value is -2.17. The molecule has 0 saturated heterocycles. The molecule has 0 aliphatic heterocycles. The molecule has 3 rings (SSSR count). The first kappa shape index (κ1) is 11.0. The summed E-state index contributed by atoms with van der Waals surface area (Å²) in [6.07, 6.45) is 2.80. The Bertz CT molecular complexity index is 590. The van der Waals surface area contributed by atoms with Gasteiger partial charge in [0.15, 0.2) is 0 Å². The summed E-state index contributed by atoms with van der Waals surface area (Å²) in [4.78, 5) is 11.9. The van der Waals surface area contributed by atoms with Gasteiger partial charge in [-0.1, -0.05) is 5.16 Å². The second kappa shape index (κ2) is 4.25. The number of fused-ring (bicyclic) bond motifs is 1. The van der Waals surface area contributed by atoms with Crippen LogP contribution in [0.4, 0.5) is 10.3 Å². The first-order chi connectivity index (χ1) is 8.74. The van der Waals surface area contributed by atoms with Crippen molar-refractivity contribution >= 4 is 11.8 Å². The summed E-state index contributed by atoms with van der Waals surface area (Å²) in [6.45, 7) is 0. The third-order valence-corrected chi connectivity index (χ3v) is 3.04. The summed E-state index contributed by atoms with van der Waals surface area (Å²) in [5, 5.41) is 6.58. The molecule has 1 aliphatic carbocycles. The molecule has 1 aromatic carbocycles. The van der Waals surface area contributed by atoms with Gasteiger partial charge >= 0.3 is 0 Å². The molecule has 1 aromatic heterocycles. The predicted molar refractivity (Wildman–Crippen MR) is 62.9 cm³/mol. The number of carbonyl (C=O) groups excluding carboxylic acids is 1. The number of hydrogen-bond acceptors (Lipinski definition) is 3. The first-order valence-electron chi connectivity index (χ1n) is 5.78. The standard InChI is InChI=1S/C13H11FN2O2/c14-9-6-4-8(5-7-9)12(17)15-13-10-2-1-3-11(10)16-18-13/h4-7H,1-3H2,(H,15,17). The van der Waals surface area contributed by atoms with Crippen LogP contribution in [0.15, 0.2) is 28.8 Å². The van der Waals surface area contributed by atoms with E-state index in [2.05, 4.69) is 10.5 Å². The van der Waals surface area contributed by atoms with Crippen LogP contribution in [0.1, 0.15) is 28.0 Å². The molecule has 0 saturated carbocycles. The zero-order valence-corrected chi connectivity index (χ0v) is 9.57. The van der Waals surface area contributed by atoms with Crippen LogP contribution in [0.25, 0.3) is 0 Å². The van der Waals surface area contributed by atoms with E-state index < -0.39 is 0 Å². The Morgan fingerprint density at radius 3 is 2.83 bits per heavy atom. The van der Waals surface area contributed by atoms with Crippen molar-refractivity contribution in [3.63, 3.8) is 0 Å². The van der Waals surface area contributed by atoms with Gasteiger partial charge in [0.2, 0.25) is 5.88 Å². The van der Waals surface area contributed by atoms with Crippen molar-refractivity contribution in [1.29, 1.82) is 0 Å². The predicted octanol–water partition coefficient (Wildman–Crippen LogP) is 2.55. The zero-order valence-electron chi connectivity index (χ0n) is 9.57. The molecule has 18 heavy (non-hydrogen) atoms. The van der Waals surface area contributed by atoms with Crippen molar-refractivity contribution in [3.05, 3.63) is 46.9 Å². The van der Waals surface area contributed by atoms with Gasteiger partial charge in [-0.2, -0.15) is 0 Å². The van der Waals surface area contributed by atoms with Gasteiger partial charge in [0.05, 0.1) is 5.69 Å². The van der Waals surface area contributed by atoms with Crippen molar-refractivity contribution in [2.24, 2.45) is 0 Å². The molecule has 4 nitrogen and oxygen atoms in total. The van der Waals surface area contributed by atoms with Gasteiger partial charge in [-0.25, -0.2) is 4.39 Å². The summed E-state index contributed by atoms with van der Waals surface area (Å²) in [7, 11) is 0. The summed E-state index contributed by atoms with van der Waals surface area (Å²) in [5.74, 6) is -0.273. The van der Waals surface area contributed by atoms with E-state index in [4.69, 9.17) is 4.52 Å². The Morgan fingerprint density at radius 2 is 2.06 bits per heavy atom. The highest BCUT2D eigenvalue weighted by molar-refractivity contribution is 6.03. The molecule has 0 fully saturated rings. The second-order valence-electron chi connectivity index (χ2n) is 4.25. The lowest BCUT2D eigenvalue weighted by molar-refractivity contribution is 0.102. The highest BCUT2D eigenvalue weighted by Gasteiger charge is 2.22. The van der Waals surface area contributed by atoms with E-state index in [1.165, 1.54) is 24.3 Å². The van der Waals surface area contributed by atoms with Gasteiger partial charge in [0.25, 0.3) is 5.91 Å². The summed E-state index contributed by atoms with van der Waals surface area (Å²) in [5.41, 5.74) is 2.29. The average molecular weight is 246 g/mol. The monoisotopic (exact) mass is 246 g/mol. The van der Waals surface area contributed by atoms with Crippen LogP contribution in [-0.4, -0.2) is 11.1 Å². The van der Waals surface area contributed by atoms with Crippen LogP contribution in [0.3, 0.4) is 0 Å². The topological polar surface area (TPSA) is 55.1 Å². The molecule has 0 radical (unpaired) electrons. The maximum atomic E-state index is 12.7. The van der Waals surface area contributed by atoms with Crippen molar-refractivity contribution in [2.45, 2.75) is 19.3 Å². The molecule has 5 heteroatoms. The molecule has 1 aliphatic rings. The fourth-order valence-electron chi connectivity index (χ4n) is 2.10. The van der Waals surface area contributed by atoms with Gasteiger partial charge < -0.3 is 4.52 Å². The van der Waals surface area contributed by atoms with Crippen molar-refractivity contribution in [1.82, 2.24) is 5.16 Å². The van der Waals surface area contributed by atoms with Crippen molar-refractivity contribution in [2.75, 3.05) is 5.32 Å². The Balaban J connectivity index is 1.80. The molecule has 2 aromatic rings. The number of aryl methyl sites for hydroxylation is 1. The third kappa shape index (κ3) is 1.88. The molecule has 0 atom stereocenters. The summed E-state index contributed by atoms with van der Waals surface area (Å²) >= 11 is 0. The minimum absolute atomic E-state index is 0.319. The number of carbonyl (C=O) groups is 1. The second-order valence-corrected chi connectivity index (χ2v) is 4.25. The van der Waals surface area contributed by atoms with Crippen molar-refractivity contribution in [3.8, 4) is 0 Å². The largest absolute Gasteiger partial charge is 0.338 e. The van der Waals surface area contributed by atoms with Gasteiger partial charge in [-0.15, -0.1) is 0 Å². The van der Waals surface area contributed by atoms with Gasteiger partial charge in [0, 0.05) is 11.1 Å². The van der Waals surface area contributed by atoms with E-state index in [9.17, 15) is 9.18 Å². The molecule has 92 valence electrons. The van der Waals surface area contributed by atoms with Crippen LogP contribution < -0.4 is 5.32 Å². The van der Waals surface area contributed by atoms with Gasteiger partial charge in [-0.05, 0) is 43.5 Å². The molecular weight excluding hydrogens is 235 g/mol. The quantitative estimate of drug-likeness (QED) is 0.885. The number of hydrogen-bond donors (Lipinski definition) is 1. The fraction of sp³-hybridized carbons (Fsp3) is 0.231. The number of anilines is 1. The zero-order chi connectivity index (χ0) is 12.5. The minimum Gasteiger partial charge on any atom is -0.338 e. The lowest BCUT2D eigenvalue weighted by Gasteiger charge is -2.02. The van der Waals surface area contributed by atoms with Crippen LogP contribution in [0, 0.1) is 5.82 Å². The molecule has 0 spiro atoms. The van der Waals surface area contributed by atoms with E-state index in [1.54, 1.807) is 0 Å². The molecule has 1 amide bonds. The van der Waals surface area contributed by atoms with E-state index in [-0.39, 0.29) is 11.7 Å². The minimum atomic E-state index is -0.368. The number of amides is 1. The normalized spacial score (nSPS) is 13.4. The summed E-state index contributed by atoms with van der Waals surface area (Å²) in [6, 6.07) is 5.36. The van der Waals surface area contributed by atoms with E-state index in [0.717, 1.165) is 30.5 Å². The molecule has 1 N–H and O–H groups in total. The number of benzene rings is 1. The highest BCUT2D eigenvalue weighted by atomic mass is 19.1. The van der Waals surface area contributed by atoms with Gasteiger partial charge in [0.1, 0.15) is 5.82 Å². The third-order valence-electron chi connectivity index (χ3n) is 3.04. The van der Waals surface area contributed by atoms with Crippen LogP contribution in [0.5, 0.6) is 0 Å². The molecule has 0 unspecified atom stereocenters. The smallest absolute Gasteiger partial charge is 0.258 e. The highest BCUT2D eigenvalue weighted by Crippen LogP contribution is 2.28. The summed E-state index contributed by atoms with van der Waals surface area (Å²) < 4.78 is 17.8. The van der Waals surface area contributed by atoms with E-state index in [1.807, 2.05) is 0 Å². The number of halogens is 1. The average Bonchev–Trinajstić information content (AvgIpc) is 2.95. The SMILES string of the molecule is O=C(Nc1onc2c1CCC2)c1ccc(F)cc1. The molecule has 0 bridgehead atoms. The van der Waals surface area contributed by atoms with Crippen LogP contribution in [-0.2, 0) is 12.8 Å². The van der Waals surface area contributed by atoms with E-state index >= 15 is 0 Å². The number of aromatic nitrogens is 1. The lowest BCUT2D eigenvalue weighted by atomic mass is 10.2. The fourth-order valence-corrected chi connectivity index (χ4v) is 2.10. The molecular formula is C13H11FN2O2. The Labute approximate surface area is 103 Å². The van der Waals surface area contributed by atoms with Crippen LogP contribution in [0.2, 0.25) is 0 Å². The molecule has 1 heterocycles. The number of nitrogens with zero attached hydrogens (tertiary/aromatic N) is 1. The first-order valence-corrected chi connectivity index (χ1v) is 5.78. The maximum Gasteiger partial charge on any atom is 0.258 e. The maximum absolute atomic E-state index is 12.7. The number of rotatable bonds is 2. The lowest BCUT2D eigenvalue weighted by Crippen LogP contribution is -2.12. The number of nitrogens with one attached hydrogen (secondary N) is 1. The Kier molecular flexibility index (Phi) is 2.59. The van der Waals surface area contributed by atoms with E-state index in [0.29, 0.717) is 11.4 Å². The van der Waals surface area contributed by atoms with Crippen molar-refractivity contribution < 1.29 is 13.7 Å². The van der Waals surface area contributed by atoms with Gasteiger partial charge in [-0.3, -0.25) is 10.1 Å². The Morgan fingerprint density at radius 1 is 1.28 bits per heavy atom. The van der Waals surface area contributed by atoms with Crippen LogP contribution >= 0.6 is 0 Å².